The van der Waals surface area contributed by atoms with E-state index in [0.29, 0.717) is 12.2 Å². The van der Waals surface area contributed by atoms with Crippen molar-refractivity contribution >= 4 is 11.9 Å². The van der Waals surface area contributed by atoms with Crippen molar-refractivity contribution in [2.75, 3.05) is 6.54 Å². The van der Waals surface area contributed by atoms with Crippen LogP contribution in [0.5, 0.6) is 0 Å². The van der Waals surface area contributed by atoms with Gasteiger partial charge in [-0.25, -0.2) is 4.98 Å². The van der Waals surface area contributed by atoms with Crippen molar-refractivity contribution in [1.29, 1.82) is 0 Å². The van der Waals surface area contributed by atoms with E-state index in [-0.39, 0.29) is 17.7 Å². The second-order valence-corrected chi connectivity index (χ2v) is 5.27. The Morgan fingerprint density at radius 3 is 2.68 bits per heavy atom. The molecule has 0 unspecified atom stereocenters. The maximum absolute atomic E-state index is 11.9. The summed E-state index contributed by atoms with van der Waals surface area (Å²) < 4.78 is 0. The van der Waals surface area contributed by atoms with Crippen LogP contribution in [0.15, 0.2) is 18.2 Å². The molecule has 1 aliphatic carbocycles. The van der Waals surface area contributed by atoms with Gasteiger partial charge in [0.2, 0.25) is 0 Å². The quantitative estimate of drug-likeness (QED) is 0.847. The fourth-order valence-electron chi connectivity index (χ4n) is 2.44. The highest BCUT2D eigenvalue weighted by Gasteiger charge is 2.39. The van der Waals surface area contributed by atoms with Gasteiger partial charge in [0, 0.05) is 12.2 Å². The van der Waals surface area contributed by atoms with Crippen LogP contribution in [0, 0.1) is 12.3 Å². The van der Waals surface area contributed by atoms with Gasteiger partial charge in [-0.2, -0.15) is 0 Å². The van der Waals surface area contributed by atoms with E-state index in [1.165, 1.54) is 0 Å². The van der Waals surface area contributed by atoms with Crippen LogP contribution in [-0.2, 0) is 4.79 Å². The van der Waals surface area contributed by atoms with Crippen LogP contribution in [0.3, 0.4) is 0 Å². The van der Waals surface area contributed by atoms with Gasteiger partial charge in [0.05, 0.1) is 6.42 Å². The average molecular weight is 262 g/mol. The van der Waals surface area contributed by atoms with E-state index < -0.39 is 5.97 Å². The maximum Gasteiger partial charge on any atom is 0.303 e. The van der Waals surface area contributed by atoms with Crippen molar-refractivity contribution in [2.24, 2.45) is 5.41 Å². The van der Waals surface area contributed by atoms with Gasteiger partial charge in [-0.1, -0.05) is 12.5 Å². The number of amides is 1. The number of carbonyl (C=O) groups excluding carboxylic acids is 1. The molecule has 5 heteroatoms. The van der Waals surface area contributed by atoms with Gasteiger partial charge in [-0.3, -0.25) is 9.59 Å². The van der Waals surface area contributed by atoms with Crippen molar-refractivity contribution in [2.45, 2.75) is 32.6 Å². The summed E-state index contributed by atoms with van der Waals surface area (Å²) in [7, 11) is 0. The second-order valence-electron chi connectivity index (χ2n) is 5.27. The number of nitrogens with one attached hydrogen (secondary N) is 1. The van der Waals surface area contributed by atoms with E-state index in [1.54, 1.807) is 12.1 Å². The van der Waals surface area contributed by atoms with Crippen molar-refractivity contribution in [3.05, 3.63) is 29.6 Å². The number of aryl methyl sites for hydroxylation is 1. The zero-order chi connectivity index (χ0) is 13.9. The Balaban J connectivity index is 1.94. The first kappa shape index (κ1) is 13.5. The molecular weight excluding hydrogens is 244 g/mol. The number of hydrogen-bond donors (Lipinski definition) is 2. The summed E-state index contributed by atoms with van der Waals surface area (Å²) in [6.07, 6.45) is 2.88. The summed E-state index contributed by atoms with van der Waals surface area (Å²) >= 11 is 0. The van der Waals surface area contributed by atoms with E-state index in [0.717, 1.165) is 25.0 Å². The van der Waals surface area contributed by atoms with Gasteiger partial charge < -0.3 is 10.4 Å². The Bertz CT molecular complexity index is 495. The molecule has 1 saturated carbocycles. The Morgan fingerprint density at radius 1 is 1.42 bits per heavy atom. The van der Waals surface area contributed by atoms with Crippen LogP contribution < -0.4 is 5.32 Å². The number of aliphatic carboxylic acids is 1. The molecule has 0 radical (unpaired) electrons. The summed E-state index contributed by atoms with van der Waals surface area (Å²) in [5.41, 5.74) is 0.909. The molecule has 5 nitrogen and oxygen atoms in total. The Labute approximate surface area is 112 Å². The SMILES string of the molecule is Cc1cccc(C(=O)NCC2(CC(=O)O)CCC2)n1. The van der Waals surface area contributed by atoms with Gasteiger partial charge >= 0.3 is 5.97 Å². The molecule has 2 rings (SSSR count). The summed E-state index contributed by atoms with van der Waals surface area (Å²) in [5.74, 6) is -1.04. The molecule has 0 aliphatic heterocycles. The van der Waals surface area contributed by atoms with E-state index >= 15 is 0 Å². The maximum atomic E-state index is 11.9. The molecule has 1 aliphatic rings. The summed E-state index contributed by atoms with van der Waals surface area (Å²) in [6, 6.07) is 5.27. The van der Waals surface area contributed by atoms with Crippen molar-refractivity contribution in [3.63, 3.8) is 0 Å². The van der Waals surface area contributed by atoms with Crippen LogP contribution >= 0.6 is 0 Å². The summed E-state index contributed by atoms with van der Waals surface area (Å²) in [4.78, 5) is 26.9. The molecule has 1 heterocycles. The first-order valence-corrected chi connectivity index (χ1v) is 6.44. The molecule has 1 aromatic heterocycles. The normalized spacial score (nSPS) is 16.5. The smallest absolute Gasteiger partial charge is 0.303 e. The summed E-state index contributed by atoms with van der Waals surface area (Å²) in [5, 5.41) is 11.7. The van der Waals surface area contributed by atoms with E-state index in [1.807, 2.05) is 13.0 Å². The lowest BCUT2D eigenvalue weighted by molar-refractivity contribution is -0.141. The topological polar surface area (TPSA) is 79.3 Å². The molecule has 0 atom stereocenters. The van der Waals surface area contributed by atoms with Gasteiger partial charge in [-0.15, -0.1) is 0 Å². The second kappa shape index (κ2) is 5.38. The van der Waals surface area contributed by atoms with Crippen LogP contribution in [0.2, 0.25) is 0 Å². The lowest BCUT2D eigenvalue weighted by Gasteiger charge is -2.40. The fraction of sp³-hybridized carbons (Fsp3) is 0.500. The zero-order valence-electron chi connectivity index (χ0n) is 11.0. The third kappa shape index (κ3) is 3.30. The molecule has 1 amide bonds. The molecule has 19 heavy (non-hydrogen) atoms. The van der Waals surface area contributed by atoms with E-state index in [2.05, 4.69) is 10.3 Å². The van der Waals surface area contributed by atoms with Crippen LogP contribution in [0.4, 0.5) is 0 Å². The highest BCUT2D eigenvalue weighted by Crippen LogP contribution is 2.43. The number of aromatic nitrogens is 1. The molecule has 2 N–H and O–H groups in total. The highest BCUT2D eigenvalue weighted by atomic mass is 16.4. The molecule has 0 spiro atoms. The first-order chi connectivity index (χ1) is 9.01. The molecule has 1 aromatic rings. The largest absolute Gasteiger partial charge is 0.481 e. The molecule has 0 bridgehead atoms. The highest BCUT2D eigenvalue weighted by molar-refractivity contribution is 5.92. The Kier molecular flexibility index (Phi) is 3.83. The Morgan fingerprint density at radius 2 is 2.16 bits per heavy atom. The minimum Gasteiger partial charge on any atom is -0.481 e. The third-order valence-electron chi connectivity index (χ3n) is 3.69. The van der Waals surface area contributed by atoms with Crippen LogP contribution in [0.1, 0.15) is 41.9 Å². The molecule has 1 fully saturated rings. The van der Waals surface area contributed by atoms with Crippen molar-refractivity contribution in [1.82, 2.24) is 10.3 Å². The van der Waals surface area contributed by atoms with Crippen LogP contribution in [-0.4, -0.2) is 28.5 Å². The third-order valence-corrected chi connectivity index (χ3v) is 3.69. The van der Waals surface area contributed by atoms with E-state index in [4.69, 9.17) is 5.11 Å². The summed E-state index contributed by atoms with van der Waals surface area (Å²) in [6.45, 7) is 2.24. The number of carbonyl (C=O) groups is 2. The zero-order valence-corrected chi connectivity index (χ0v) is 11.0. The lowest BCUT2D eigenvalue weighted by atomic mass is 9.66. The van der Waals surface area contributed by atoms with Crippen molar-refractivity contribution in [3.8, 4) is 0 Å². The minimum absolute atomic E-state index is 0.120. The average Bonchev–Trinajstić information content (AvgIpc) is 2.31. The molecule has 0 aromatic carbocycles. The molecule has 102 valence electrons. The lowest BCUT2D eigenvalue weighted by Crippen LogP contribution is -2.43. The number of nitrogens with zero attached hydrogens (tertiary/aromatic N) is 1. The van der Waals surface area contributed by atoms with Crippen molar-refractivity contribution < 1.29 is 14.7 Å². The van der Waals surface area contributed by atoms with Gasteiger partial charge in [0.25, 0.3) is 5.91 Å². The fourth-order valence-corrected chi connectivity index (χ4v) is 2.44. The van der Waals surface area contributed by atoms with Crippen LogP contribution in [0.25, 0.3) is 0 Å². The number of carboxylic acids is 1. The number of rotatable bonds is 5. The molecule has 0 saturated heterocycles. The van der Waals surface area contributed by atoms with Gasteiger partial charge in [0.1, 0.15) is 5.69 Å². The number of pyridine rings is 1. The number of hydrogen-bond acceptors (Lipinski definition) is 3. The predicted octanol–water partition coefficient (Wildman–Crippen LogP) is 1.76. The van der Waals surface area contributed by atoms with Gasteiger partial charge in [-0.05, 0) is 37.3 Å². The first-order valence-electron chi connectivity index (χ1n) is 6.44. The Hall–Kier alpha value is -1.91. The standard InChI is InChI=1S/C14H18N2O3/c1-10-4-2-5-11(16-10)13(19)15-9-14(6-3-7-14)8-12(17)18/h2,4-5H,3,6-9H2,1H3,(H,15,19)(H,17,18). The van der Waals surface area contributed by atoms with E-state index in [9.17, 15) is 9.59 Å². The monoisotopic (exact) mass is 262 g/mol. The number of carboxylic acid groups (broad SMARTS) is 1. The predicted molar refractivity (Wildman–Crippen MR) is 69.8 cm³/mol. The van der Waals surface area contributed by atoms with Gasteiger partial charge in [0.15, 0.2) is 0 Å². The molecular formula is C14H18N2O3. The minimum atomic E-state index is -0.803.